The molecule has 0 aliphatic heterocycles. The molecule has 0 aliphatic carbocycles. The number of H-pyrrole nitrogens is 1. The molecule has 1 aromatic carbocycles. The zero-order valence-electron chi connectivity index (χ0n) is 7.29. The van der Waals surface area contributed by atoms with Crippen molar-refractivity contribution >= 4 is 16.8 Å². The van der Waals surface area contributed by atoms with Gasteiger partial charge in [0.2, 0.25) is 5.91 Å². The number of benzene rings is 1. The second kappa shape index (κ2) is 2.62. The van der Waals surface area contributed by atoms with E-state index in [-0.39, 0.29) is 5.91 Å². The molecule has 66 valence electrons. The highest BCUT2D eigenvalue weighted by Crippen LogP contribution is 2.18. The molecule has 1 amide bonds. The molecule has 3 N–H and O–H groups in total. The van der Waals surface area contributed by atoms with Crippen LogP contribution in [-0.4, -0.2) is 10.9 Å². The first-order chi connectivity index (χ1) is 6.18. The topological polar surface area (TPSA) is 58.9 Å². The Kier molecular flexibility index (Phi) is 1.59. The molecule has 0 saturated heterocycles. The van der Waals surface area contributed by atoms with Crippen LogP contribution in [-0.2, 0) is 0 Å². The van der Waals surface area contributed by atoms with Crippen molar-refractivity contribution in [2.75, 3.05) is 0 Å². The average Bonchev–Trinajstić information content (AvgIpc) is 2.47. The highest BCUT2D eigenvalue weighted by molar-refractivity contribution is 5.97. The lowest BCUT2D eigenvalue weighted by Crippen LogP contribution is -2.10. The Balaban J connectivity index is 2.72. The van der Waals surface area contributed by atoms with Crippen LogP contribution < -0.4 is 5.73 Å². The van der Waals surface area contributed by atoms with Gasteiger partial charge >= 0.3 is 0 Å². The molecule has 0 radical (unpaired) electrons. The van der Waals surface area contributed by atoms with Gasteiger partial charge < -0.3 is 10.7 Å². The number of aromatic amines is 1. The van der Waals surface area contributed by atoms with Crippen LogP contribution >= 0.6 is 0 Å². The maximum Gasteiger partial charge on any atom is 0.248 e. The van der Waals surface area contributed by atoms with Gasteiger partial charge in [-0.1, -0.05) is 0 Å². The summed E-state index contributed by atoms with van der Waals surface area (Å²) in [6, 6.07) is 5.40. The molecule has 3 heteroatoms. The van der Waals surface area contributed by atoms with E-state index in [0.717, 1.165) is 16.5 Å². The number of nitrogens with two attached hydrogens (primary N) is 1. The summed E-state index contributed by atoms with van der Waals surface area (Å²) in [5.41, 5.74) is 7.88. The molecule has 0 bridgehead atoms. The fourth-order valence-electron chi connectivity index (χ4n) is 1.41. The zero-order valence-corrected chi connectivity index (χ0v) is 7.29. The van der Waals surface area contributed by atoms with Gasteiger partial charge in [0.1, 0.15) is 0 Å². The number of carbonyl (C=O) groups is 1. The Morgan fingerprint density at radius 2 is 2.23 bits per heavy atom. The van der Waals surface area contributed by atoms with Crippen LogP contribution in [0.15, 0.2) is 24.4 Å². The van der Waals surface area contributed by atoms with E-state index < -0.39 is 0 Å². The normalized spacial score (nSPS) is 10.5. The minimum absolute atomic E-state index is 0.387. The lowest BCUT2D eigenvalue weighted by molar-refractivity contribution is 0.100. The van der Waals surface area contributed by atoms with Gasteiger partial charge in [-0.15, -0.1) is 0 Å². The first kappa shape index (κ1) is 7.86. The minimum Gasteiger partial charge on any atom is -0.366 e. The summed E-state index contributed by atoms with van der Waals surface area (Å²) in [6.45, 7) is 1.99. The third-order valence-electron chi connectivity index (χ3n) is 2.17. The molecule has 0 fully saturated rings. The van der Waals surface area contributed by atoms with Crippen LogP contribution in [0, 0.1) is 6.92 Å². The van der Waals surface area contributed by atoms with Gasteiger partial charge in [-0.2, -0.15) is 0 Å². The number of fused-ring (bicyclic) bond motifs is 1. The van der Waals surface area contributed by atoms with Crippen molar-refractivity contribution < 1.29 is 4.79 Å². The van der Waals surface area contributed by atoms with Crippen molar-refractivity contribution in [3.63, 3.8) is 0 Å². The first-order valence-corrected chi connectivity index (χ1v) is 4.06. The van der Waals surface area contributed by atoms with Gasteiger partial charge in [0.25, 0.3) is 0 Å². The van der Waals surface area contributed by atoms with Crippen LogP contribution in [0.25, 0.3) is 10.9 Å². The third-order valence-corrected chi connectivity index (χ3v) is 2.17. The number of amides is 1. The second-order valence-corrected chi connectivity index (χ2v) is 3.10. The maximum absolute atomic E-state index is 10.9. The lowest BCUT2D eigenvalue weighted by atomic mass is 10.1. The number of primary amides is 1. The molecular formula is C10H10N2O. The molecule has 0 spiro atoms. The first-order valence-electron chi connectivity index (χ1n) is 4.06. The smallest absolute Gasteiger partial charge is 0.248 e. The summed E-state index contributed by atoms with van der Waals surface area (Å²) in [5.74, 6) is -0.387. The quantitative estimate of drug-likeness (QED) is 0.677. The van der Waals surface area contributed by atoms with E-state index in [1.807, 2.05) is 25.3 Å². The van der Waals surface area contributed by atoms with E-state index in [2.05, 4.69) is 4.98 Å². The number of hydrogen-bond acceptors (Lipinski definition) is 1. The van der Waals surface area contributed by atoms with Gasteiger partial charge in [-0.3, -0.25) is 4.79 Å². The van der Waals surface area contributed by atoms with E-state index in [1.165, 1.54) is 0 Å². The van der Waals surface area contributed by atoms with E-state index in [1.54, 1.807) is 6.07 Å². The molecular weight excluding hydrogens is 164 g/mol. The van der Waals surface area contributed by atoms with Gasteiger partial charge in [-0.05, 0) is 30.7 Å². The van der Waals surface area contributed by atoms with E-state index in [4.69, 9.17) is 5.73 Å². The Bertz CT molecular complexity index is 471. The molecule has 1 aromatic heterocycles. The predicted molar refractivity (Wildman–Crippen MR) is 51.6 cm³/mol. The molecule has 3 nitrogen and oxygen atoms in total. The Labute approximate surface area is 75.6 Å². The standard InChI is InChI=1S/C10H10N2O/c1-6-5-12-9-3-2-7(10(11)13)4-8(6)9/h2-5,12H,1H3,(H2,11,13). The van der Waals surface area contributed by atoms with Gasteiger partial charge in [0, 0.05) is 22.7 Å². The molecule has 13 heavy (non-hydrogen) atoms. The highest BCUT2D eigenvalue weighted by atomic mass is 16.1. The fourth-order valence-corrected chi connectivity index (χ4v) is 1.41. The summed E-state index contributed by atoms with van der Waals surface area (Å²) in [5, 5.41) is 1.05. The number of nitrogens with one attached hydrogen (secondary N) is 1. The zero-order chi connectivity index (χ0) is 9.42. The second-order valence-electron chi connectivity index (χ2n) is 3.10. The summed E-state index contributed by atoms with van der Waals surface area (Å²) in [4.78, 5) is 14.0. The number of carbonyl (C=O) groups excluding carboxylic acids is 1. The Morgan fingerprint density at radius 1 is 1.46 bits per heavy atom. The van der Waals surface area contributed by atoms with Crippen LogP contribution in [0.3, 0.4) is 0 Å². The van der Waals surface area contributed by atoms with E-state index in [9.17, 15) is 4.79 Å². The fraction of sp³-hybridized carbons (Fsp3) is 0.100. The van der Waals surface area contributed by atoms with Crippen LogP contribution in [0.4, 0.5) is 0 Å². The largest absolute Gasteiger partial charge is 0.366 e. The number of rotatable bonds is 1. The predicted octanol–water partition coefficient (Wildman–Crippen LogP) is 1.58. The van der Waals surface area contributed by atoms with Crippen LogP contribution in [0.2, 0.25) is 0 Å². The van der Waals surface area contributed by atoms with Crippen molar-refractivity contribution in [2.45, 2.75) is 6.92 Å². The summed E-state index contributed by atoms with van der Waals surface area (Å²) >= 11 is 0. The van der Waals surface area contributed by atoms with E-state index in [0.29, 0.717) is 5.56 Å². The number of aryl methyl sites for hydroxylation is 1. The summed E-state index contributed by atoms with van der Waals surface area (Å²) < 4.78 is 0. The van der Waals surface area contributed by atoms with Gasteiger partial charge in [0.15, 0.2) is 0 Å². The van der Waals surface area contributed by atoms with Crippen molar-refractivity contribution in [1.29, 1.82) is 0 Å². The molecule has 0 atom stereocenters. The maximum atomic E-state index is 10.9. The minimum atomic E-state index is -0.387. The molecule has 0 aliphatic rings. The van der Waals surface area contributed by atoms with Crippen molar-refractivity contribution in [3.05, 3.63) is 35.5 Å². The molecule has 1 heterocycles. The Morgan fingerprint density at radius 3 is 2.92 bits per heavy atom. The number of aromatic nitrogens is 1. The van der Waals surface area contributed by atoms with Crippen LogP contribution in [0.1, 0.15) is 15.9 Å². The lowest BCUT2D eigenvalue weighted by Gasteiger charge is -1.95. The van der Waals surface area contributed by atoms with Crippen LogP contribution in [0.5, 0.6) is 0 Å². The van der Waals surface area contributed by atoms with Crippen molar-refractivity contribution in [1.82, 2.24) is 4.98 Å². The highest BCUT2D eigenvalue weighted by Gasteiger charge is 2.03. The molecule has 2 aromatic rings. The monoisotopic (exact) mass is 174 g/mol. The van der Waals surface area contributed by atoms with E-state index >= 15 is 0 Å². The number of hydrogen-bond donors (Lipinski definition) is 2. The SMILES string of the molecule is Cc1c[nH]c2ccc(C(N)=O)cc12. The average molecular weight is 174 g/mol. The summed E-state index contributed by atoms with van der Waals surface area (Å²) in [6.07, 6.45) is 1.91. The molecule has 2 rings (SSSR count). The summed E-state index contributed by atoms with van der Waals surface area (Å²) in [7, 11) is 0. The molecule has 0 saturated carbocycles. The third kappa shape index (κ3) is 1.18. The van der Waals surface area contributed by atoms with Crippen molar-refractivity contribution in [3.8, 4) is 0 Å². The van der Waals surface area contributed by atoms with Crippen molar-refractivity contribution in [2.24, 2.45) is 5.73 Å². The Hall–Kier alpha value is -1.77. The van der Waals surface area contributed by atoms with Gasteiger partial charge in [-0.25, -0.2) is 0 Å². The van der Waals surface area contributed by atoms with Gasteiger partial charge in [0.05, 0.1) is 0 Å². The molecule has 0 unspecified atom stereocenters.